The molecule has 0 radical (unpaired) electrons. The Morgan fingerprint density at radius 3 is 1.73 bits per heavy atom. The Bertz CT molecular complexity index is 215. The summed E-state index contributed by atoms with van der Waals surface area (Å²) in [5, 5.41) is 0. The first-order valence-electron chi connectivity index (χ1n) is 5.32. The molecule has 0 heterocycles. The van der Waals surface area contributed by atoms with E-state index >= 15 is 0 Å². The fraction of sp³-hybridized carbons (Fsp3) is 0.462. The number of carbonyl (C=O) groups is 1. The molecule has 0 fully saturated rings. The van der Waals surface area contributed by atoms with Crippen LogP contribution in [0.1, 0.15) is 27.2 Å². The summed E-state index contributed by atoms with van der Waals surface area (Å²) >= 11 is 0. The van der Waals surface area contributed by atoms with Gasteiger partial charge < -0.3 is 4.74 Å². The minimum Gasteiger partial charge on any atom is -0.466 e. The molecule has 0 aliphatic rings. The maximum atomic E-state index is 10.6. The van der Waals surface area contributed by atoms with Crippen molar-refractivity contribution >= 4 is 5.97 Å². The Kier molecular flexibility index (Phi) is 8.44. The van der Waals surface area contributed by atoms with Crippen LogP contribution in [0.25, 0.3) is 0 Å². The SMILES string of the molecule is CCOC(=O)CC(C)C.c1ccccc1. The number of esters is 1. The first-order valence-corrected chi connectivity index (χ1v) is 5.32. The molecule has 0 unspecified atom stereocenters. The molecule has 0 N–H and O–H groups in total. The largest absolute Gasteiger partial charge is 0.466 e. The lowest BCUT2D eigenvalue weighted by molar-refractivity contribution is -0.143. The smallest absolute Gasteiger partial charge is 0.306 e. The Hall–Kier alpha value is -1.31. The van der Waals surface area contributed by atoms with E-state index in [0.29, 0.717) is 18.9 Å². The third kappa shape index (κ3) is 10.6. The molecule has 0 atom stereocenters. The van der Waals surface area contributed by atoms with Crippen molar-refractivity contribution in [2.75, 3.05) is 6.61 Å². The molecule has 0 aromatic heterocycles. The zero-order chi connectivity index (χ0) is 11.5. The van der Waals surface area contributed by atoms with E-state index in [1.54, 1.807) is 0 Å². The second-order valence-corrected chi connectivity index (χ2v) is 3.56. The van der Waals surface area contributed by atoms with Gasteiger partial charge in [0.2, 0.25) is 0 Å². The molecule has 0 amide bonds. The Labute approximate surface area is 92.3 Å². The number of ether oxygens (including phenoxy) is 1. The molecule has 2 nitrogen and oxygen atoms in total. The van der Waals surface area contributed by atoms with Gasteiger partial charge in [0, 0.05) is 6.42 Å². The minimum atomic E-state index is -0.0903. The van der Waals surface area contributed by atoms with Gasteiger partial charge in [0.25, 0.3) is 0 Å². The third-order valence-corrected chi connectivity index (χ3v) is 1.55. The van der Waals surface area contributed by atoms with E-state index in [0.717, 1.165) is 0 Å². The van der Waals surface area contributed by atoms with Crippen molar-refractivity contribution in [2.45, 2.75) is 27.2 Å². The lowest BCUT2D eigenvalue weighted by atomic mass is 10.1. The fourth-order valence-electron chi connectivity index (χ4n) is 0.938. The van der Waals surface area contributed by atoms with E-state index in [1.807, 2.05) is 57.2 Å². The third-order valence-electron chi connectivity index (χ3n) is 1.55. The van der Waals surface area contributed by atoms with E-state index in [1.165, 1.54) is 0 Å². The van der Waals surface area contributed by atoms with Crippen LogP contribution in [0.3, 0.4) is 0 Å². The number of carbonyl (C=O) groups excluding carboxylic acids is 1. The van der Waals surface area contributed by atoms with Crippen LogP contribution in [0.15, 0.2) is 36.4 Å². The van der Waals surface area contributed by atoms with Crippen molar-refractivity contribution in [1.82, 2.24) is 0 Å². The molecule has 0 saturated heterocycles. The molecule has 1 aromatic carbocycles. The van der Waals surface area contributed by atoms with Crippen LogP contribution in [-0.4, -0.2) is 12.6 Å². The average molecular weight is 208 g/mol. The lowest BCUT2D eigenvalue weighted by Crippen LogP contribution is -2.06. The Morgan fingerprint density at radius 1 is 1.07 bits per heavy atom. The molecule has 0 spiro atoms. The van der Waals surface area contributed by atoms with Crippen LogP contribution in [-0.2, 0) is 9.53 Å². The van der Waals surface area contributed by atoms with Gasteiger partial charge in [-0.3, -0.25) is 4.79 Å². The quantitative estimate of drug-likeness (QED) is 0.712. The van der Waals surface area contributed by atoms with Crippen LogP contribution in [0, 0.1) is 5.92 Å². The lowest BCUT2D eigenvalue weighted by Gasteiger charge is -2.02. The van der Waals surface area contributed by atoms with Gasteiger partial charge in [-0.1, -0.05) is 50.2 Å². The highest BCUT2D eigenvalue weighted by Crippen LogP contribution is 1.99. The zero-order valence-electron chi connectivity index (χ0n) is 9.77. The summed E-state index contributed by atoms with van der Waals surface area (Å²) in [5.74, 6) is 0.316. The number of benzene rings is 1. The van der Waals surface area contributed by atoms with Crippen LogP contribution < -0.4 is 0 Å². The van der Waals surface area contributed by atoms with Gasteiger partial charge in [-0.2, -0.15) is 0 Å². The molecular weight excluding hydrogens is 188 g/mol. The summed E-state index contributed by atoms with van der Waals surface area (Å²) in [5.41, 5.74) is 0. The number of hydrogen-bond acceptors (Lipinski definition) is 2. The van der Waals surface area contributed by atoms with Crippen molar-refractivity contribution in [3.8, 4) is 0 Å². The second kappa shape index (κ2) is 9.25. The molecule has 0 aliphatic carbocycles. The van der Waals surface area contributed by atoms with E-state index < -0.39 is 0 Å². The van der Waals surface area contributed by atoms with E-state index in [9.17, 15) is 4.79 Å². The van der Waals surface area contributed by atoms with Crippen molar-refractivity contribution in [3.63, 3.8) is 0 Å². The van der Waals surface area contributed by atoms with Crippen LogP contribution in [0.5, 0.6) is 0 Å². The minimum absolute atomic E-state index is 0.0903. The van der Waals surface area contributed by atoms with Gasteiger partial charge in [0.1, 0.15) is 0 Å². The summed E-state index contributed by atoms with van der Waals surface area (Å²) in [7, 11) is 0. The normalized spacial score (nSPS) is 9.07. The van der Waals surface area contributed by atoms with Crippen LogP contribution in [0.4, 0.5) is 0 Å². The summed E-state index contributed by atoms with van der Waals surface area (Å²) in [6, 6.07) is 12.0. The second-order valence-electron chi connectivity index (χ2n) is 3.56. The van der Waals surface area contributed by atoms with Gasteiger partial charge in [-0.15, -0.1) is 0 Å². The topological polar surface area (TPSA) is 26.3 Å². The van der Waals surface area contributed by atoms with E-state index in [-0.39, 0.29) is 5.97 Å². The highest BCUT2D eigenvalue weighted by molar-refractivity contribution is 5.69. The first-order chi connectivity index (χ1) is 7.16. The van der Waals surface area contributed by atoms with E-state index in [4.69, 9.17) is 4.74 Å². The first kappa shape index (κ1) is 13.7. The van der Waals surface area contributed by atoms with Gasteiger partial charge in [0.05, 0.1) is 6.61 Å². The molecule has 1 aromatic rings. The van der Waals surface area contributed by atoms with Gasteiger partial charge in [-0.05, 0) is 12.8 Å². The molecule has 15 heavy (non-hydrogen) atoms. The molecule has 84 valence electrons. The standard InChI is InChI=1S/C7H14O2.C6H6/c1-4-9-7(8)5-6(2)3;1-2-4-6-5-3-1/h6H,4-5H2,1-3H3;1-6H. The maximum absolute atomic E-state index is 10.6. The molecule has 0 bridgehead atoms. The fourth-order valence-corrected chi connectivity index (χ4v) is 0.938. The van der Waals surface area contributed by atoms with Crippen molar-refractivity contribution in [3.05, 3.63) is 36.4 Å². The monoisotopic (exact) mass is 208 g/mol. The molecule has 0 aliphatic heterocycles. The Morgan fingerprint density at radius 2 is 1.47 bits per heavy atom. The maximum Gasteiger partial charge on any atom is 0.306 e. The highest BCUT2D eigenvalue weighted by atomic mass is 16.5. The van der Waals surface area contributed by atoms with Crippen molar-refractivity contribution < 1.29 is 9.53 Å². The summed E-state index contributed by atoms with van der Waals surface area (Å²) in [4.78, 5) is 10.6. The predicted octanol–water partition coefficient (Wildman–Crippen LogP) is 3.28. The van der Waals surface area contributed by atoms with Gasteiger partial charge >= 0.3 is 5.97 Å². The zero-order valence-corrected chi connectivity index (χ0v) is 9.77. The van der Waals surface area contributed by atoms with Crippen molar-refractivity contribution in [2.24, 2.45) is 5.92 Å². The predicted molar refractivity (Wildman–Crippen MR) is 62.5 cm³/mol. The number of hydrogen-bond donors (Lipinski definition) is 0. The number of rotatable bonds is 3. The summed E-state index contributed by atoms with van der Waals surface area (Å²) < 4.78 is 4.71. The molecular formula is C13H20O2. The van der Waals surface area contributed by atoms with Gasteiger partial charge in [0.15, 0.2) is 0 Å². The molecule has 0 saturated carbocycles. The highest BCUT2D eigenvalue weighted by Gasteiger charge is 2.03. The van der Waals surface area contributed by atoms with Crippen LogP contribution in [0.2, 0.25) is 0 Å². The Balaban J connectivity index is 0.000000280. The van der Waals surface area contributed by atoms with Crippen molar-refractivity contribution in [1.29, 1.82) is 0 Å². The van der Waals surface area contributed by atoms with Gasteiger partial charge in [-0.25, -0.2) is 0 Å². The molecule has 2 heteroatoms. The van der Waals surface area contributed by atoms with Crippen LogP contribution >= 0.6 is 0 Å². The molecule has 1 rings (SSSR count). The summed E-state index contributed by atoms with van der Waals surface area (Å²) in [6.45, 7) is 6.30. The average Bonchev–Trinajstić information content (AvgIpc) is 2.20. The summed E-state index contributed by atoms with van der Waals surface area (Å²) in [6.07, 6.45) is 0.536. The van der Waals surface area contributed by atoms with E-state index in [2.05, 4.69) is 0 Å².